The lowest BCUT2D eigenvalue weighted by atomic mass is 10.1. The summed E-state index contributed by atoms with van der Waals surface area (Å²) in [5.41, 5.74) is 4.53. The first-order valence-electron chi connectivity index (χ1n) is 7.46. The summed E-state index contributed by atoms with van der Waals surface area (Å²) in [7, 11) is 1.68. The maximum absolute atomic E-state index is 6.37. The van der Waals surface area contributed by atoms with Gasteiger partial charge in [-0.15, -0.1) is 0 Å². The van der Waals surface area contributed by atoms with E-state index in [4.69, 9.17) is 16.3 Å². The van der Waals surface area contributed by atoms with Crippen LogP contribution < -0.4 is 5.32 Å². The second kappa shape index (κ2) is 6.56. The van der Waals surface area contributed by atoms with Crippen LogP contribution in [0.1, 0.15) is 11.4 Å². The molecule has 0 saturated carbocycles. The highest BCUT2D eigenvalue weighted by Gasteiger charge is 2.17. The summed E-state index contributed by atoms with van der Waals surface area (Å²) in [6, 6.07) is 9.74. The second-order valence-electron chi connectivity index (χ2n) is 5.38. The van der Waals surface area contributed by atoms with E-state index in [1.54, 1.807) is 7.11 Å². The van der Waals surface area contributed by atoms with Crippen molar-refractivity contribution in [3.05, 3.63) is 46.7 Å². The van der Waals surface area contributed by atoms with E-state index in [1.165, 1.54) is 0 Å². The summed E-state index contributed by atoms with van der Waals surface area (Å²) < 4.78 is 6.92. The topological polar surface area (TPSA) is 51.5 Å². The van der Waals surface area contributed by atoms with E-state index in [1.807, 2.05) is 48.7 Å². The maximum atomic E-state index is 6.37. The van der Waals surface area contributed by atoms with Gasteiger partial charge >= 0.3 is 0 Å². The number of nitrogens with zero attached hydrogens (tertiary/aromatic N) is 3. The summed E-state index contributed by atoms with van der Waals surface area (Å²) >= 11 is 6.37. The molecule has 23 heavy (non-hydrogen) atoms. The van der Waals surface area contributed by atoms with Gasteiger partial charge < -0.3 is 10.1 Å². The largest absolute Gasteiger partial charge is 0.383 e. The minimum atomic E-state index is 0.625. The Bertz CT molecular complexity index is 844. The number of methoxy groups -OCH3 is 1. The first-order chi connectivity index (χ1) is 11.1. The molecule has 0 atom stereocenters. The van der Waals surface area contributed by atoms with Crippen molar-refractivity contribution in [3.63, 3.8) is 0 Å². The minimum absolute atomic E-state index is 0.625. The molecule has 0 fully saturated rings. The molecule has 0 unspecified atom stereocenters. The van der Waals surface area contributed by atoms with Gasteiger partial charge in [0, 0.05) is 36.0 Å². The van der Waals surface area contributed by atoms with Crippen molar-refractivity contribution in [2.75, 3.05) is 25.6 Å². The van der Waals surface area contributed by atoms with Crippen molar-refractivity contribution in [2.24, 2.45) is 0 Å². The summed E-state index contributed by atoms with van der Waals surface area (Å²) in [6.07, 6.45) is 0. The average Bonchev–Trinajstić information content (AvgIpc) is 2.84. The molecule has 0 radical (unpaired) electrons. The smallest absolute Gasteiger partial charge is 0.165 e. The van der Waals surface area contributed by atoms with Crippen LogP contribution in [0.25, 0.3) is 16.8 Å². The second-order valence-corrected chi connectivity index (χ2v) is 5.79. The SMILES string of the molecule is COCCNc1cc(C)nc2c(-c3ccccc3Cl)c(C)nn12. The van der Waals surface area contributed by atoms with E-state index >= 15 is 0 Å². The van der Waals surface area contributed by atoms with Gasteiger partial charge in [0.15, 0.2) is 5.65 Å². The molecule has 6 heteroatoms. The van der Waals surface area contributed by atoms with Gasteiger partial charge in [-0.05, 0) is 19.9 Å². The minimum Gasteiger partial charge on any atom is -0.383 e. The van der Waals surface area contributed by atoms with E-state index in [0.717, 1.165) is 34.0 Å². The third-order valence-corrected chi connectivity index (χ3v) is 3.98. The normalized spacial score (nSPS) is 11.1. The fourth-order valence-corrected chi connectivity index (χ4v) is 2.86. The van der Waals surface area contributed by atoms with E-state index in [2.05, 4.69) is 15.4 Å². The number of nitrogens with one attached hydrogen (secondary N) is 1. The Morgan fingerprint density at radius 2 is 2.04 bits per heavy atom. The van der Waals surface area contributed by atoms with Gasteiger partial charge in [-0.1, -0.05) is 29.8 Å². The van der Waals surface area contributed by atoms with Crippen molar-refractivity contribution in [1.29, 1.82) is 0 Å². The number of ether oxygens (including phenoxy) is 1. The summed E-state index contributed by atoms with van der Waals surface area (Å²) in [4.78, 5) is 4.67. The highest BCUT2D eigenvalue weighted by Crippen LogP contribution is 2.33. The third-order valence-electron chi connectivity index (χ3n) is 3.65. The molecule has 0 spiro atoms. The van der Waals surface area contributed by atoms with Gasteiger partial charge in [0.25, 0.3) is 0 Å². The number of fused-ring (bicyclic) bond motifs is 1. The molecular weight excluding hydrogens is 312 g/mol. The highest BCUT2D eigenvalue weighted by atomic mass is 35.5. The molecule has 0 aliphatic heterocycles. The molecule has 0 aliphatic rings. The Morgan fingerprint density at radius 3 is 2.78 bits per heavy atom. The molecule has 3 aromatic rings. The Balaban J connectivity index is 2.17. The van der Waals surface area contributed by atoms with Crippen LogP contribution in [0.2, 0.25) is 5.02 Å². The van der Waals surface area contributed by atoms with Crippen LogP contribution in [0, 0.1) is 13.8 Å². The Kier molecular flexibility index (Phi) is 4.50. The molecule has 1 aromatic carbocycles. The number of hydrogen-bond donors (Lipinski definition) is 1. The zero-order valence-corrected chi connectivity index (χ0v) is 14.2. The van der Waals surface area contributed by atoms with Crippen molar-refractivity contribution >= 4 is 23.1 Å². The van der Waals surface area contributed by atoms with E-state index in [9.17, 15) is 0 Å². The van der Waals surface area contributed by atoms with Gasteiger partial charge in [0.1, 0.15) is 5.82 Å². The van der Waals surface area contributed by atoms with Crippen LogP contribution in [-0.2, 0) is 4.74 Å². The Morgan fingerprint density at radius 1 is 1.26 bits per heavy atom. The molecular formula is C17H19ClN4O. The van der Waals surface area contributed by atoms with Gasteiger partial charge in [0.2, 0.25) is 0 Å². The predicted octanol–water partition coefficient (Wildman–Crippen LogP) is 3.72. The van der Waals surface area contributed by atoms with Crippen molar-refractivity contribution in [2.45, 2.75) is 13.8 Å². The van der Waals surface area contributed by atoms with E-state index in [0.29, 0.717) is 18.2 Å². The number of hydrogen-bond acceptors (Lipinski definition) is 4. The van der Waals surface area contributed by atoms with Crippen LogP contribution in [0.3, 0.4) is 0 Å². The monoisotopic (exact) mass is 330 g/mol. The zero-order chi connectivity index (χ0) is 16.4. The van der Waals surface area contributed by atoms with Crippen LogP contribution in [-0.4, -0.2) is 34.9 Å². The predicted molar refractivity (Wildman–Crippen MR) is 93.3 cm³/mol. The lowest BCUT2D eigenvalue weighted by molar-refractivity contribution is 0.210. The molecule has 2 heterocycles. The first-order valence-corrected chi connectivity index (χ1v) is 7.84. The number of aromatic nitrogens is 3. The van der Waals surface area contributed by atoms with Crippen molar-refractivity contribution in [3.8, 4) is 11.1 Å². The quantitative estimate of drug-likeness (QED) is 0.724. The lowest BCUT2D eigenvalue weighted by Crippen LogP contribution is -2.12. The van der Waals surface area contributed by atoms with Crippen LogP contribution >= 0.6 is 11.6 Å². The van der Waals surface area contributed by atoms with Crippen molar-refractivity contribution < 1.29 is 4.74 Å². The molecule has 0 amide bonds. The number of aryl methyl sites for hydroxylation is 2. The van der Waals surface area contributed by atoms with E-state index in [-0.39, 0.29) is 0 Å². The third kappa shape index (κ3) is 3.02. The molecule has 120 valence electrons. The average molecular weight is 331 g/mol. The summed E-state index contributed by atoms with van der Waals surface area (Å²) in [5.74, 6) is 0.894. The lowest BCUT2D eigenvalue weighted by Gasteiger charge is -2.09. The maximum Gasteiger partial charge on any atom is 0.165 e. The van der Waals surface area contributed by atoms with Crippen molar-refractivity contribution in [1.82, 2.24) is 14.6 Å². The van der Waals surface area contributed by atoms with Gasteiger partial charge in [-0.2, -0.15) is 9.61 Å². The Labute approximate surface area is 140 Å². The van der Waals surface area contributed by atoms with E-state index < -0.39 is 0 Å². The van der Waals surface area contributed by atoms with Gasteiger partial charge in [-0.3, -0.25) is 0 Å². The zero-order valence-electron chi connectivity index (χ0n) is 13.4. The number of benzene rings is 1. The summed E-state index contributed by atoms with van der Waals surface area (Å²) in [5, 5.41) is 8.68. The molecule has 5 nitrogen and oxygen atoms in total. The number of halogens is 1. The van der Waals surface area contributed by atoms with Gasteiger partial charge in [-0.25, -0.2) is 4.98 Å². The summed E-state index contributed by atoms with van der Waals surface area (Å²) in [6.45, 7) is 5.28. The van der Waals surface area contributed by atoms with Gasteiger partial charge in [0.05, 0.1) is 17.9 Å². The van der Waals surface area contributed by atoms with Crippen LogP contribution in [0.15, 0.2) is 30.3 Å². The number of anilines is 1. The first kappa shape index (κ1) is 15.8. The molecule has 1 N–H and O–H groups in total. The fraction of sp³-hybridized carbons (Fsp3) is 0.294. The Hall–Kier alpha value is -2.11. The van der Waals surface area contributed by atoms with Crippen LogP contribution in [0.4, 0.5) is 5.82 Å². The molecule has 2 aromatic heterocycles. The standard InChI is InChI=1S/C17H19ClN4O/c1-11-10-15(19-8-9-23-3)22-17(20-11)16(12(2)21-22)13-6-4-5-7-14(13)18/h4-7,10,19H,8-9H2,1-3H3. The molecule has 0 aliphatic carbocycles. The molecule has 3 rings (SSSR count). The molecule has 0 saturated heterocycles. The molecule has 0 bridgehead atoms. The van der Waals surface area contributed by atoms with Crippen LogP contribution in [0.5, 0.6) is 0 Å². The highest BCUT2D eigenvalue weighted by molar-refractivity contribution is 6.33. The number of rotatable bonds is 5. The fourth-order valence-electron chi connectivity index (χ4n) is 2.63.